The number of nitrogens with one attached hydrogen (secondary N) is 1. The van der Waals surface area contributed by atoms with Crippen LogP contribution in [0.25, 0.3) is 10.9 Å². The minimum absolute atomic E-state index is 0.182. The Bertz CT molecular complexity index is 984. The average molecular weight is 378 g/mol. The van der Waals surface area contributed by atoms with Crippen molar-refractivity contribution < 1.29 is 4.39 Å². The van der Waals surface area contributed by atoms with Crippen LogP contribution >= 0.6 is 0 Å². The molecule has 0 spiro atoms. The zero-order valence-electron chi connectivity index (χ0n) is 16.9. The van der Waals surface area contributed by atoms with E-state index in [9.17, 15) is 4.39 Å². The Hall–Kier alpha value is -2.62. The number of pyridine rings is 1. The highest BCUT2D eigenvalue weighted by Crippen LogP contribution is 2.34. The van der Waals surface area contributed by atoms with Gasteiger partial charge in [-0.15, -0.1) is 0 Å². The second-order valence-corrected chi connectivity index (χ2v) is 7.91. The first-order chi connectivity index (χ1) is 13.5. The second kappa shape index (κ2) is 7.78. The van der Waals surface area contributed by atoms with Gasteiger partial charge in [-0.25, -0.2) is 4.39 Å². The van der Waals surface area contributed by atoms with Gasteiger partial charge in [-0.05, 0) is 68.9 Å². The molecule has 1 heterocycles. The molecule has 1 aliphatic carbocycles. The van der Waals surface area contributed by atoms with Crippen LogP contribution in [0, 0.1) is 12.7 Å². The molecule has 146 valence electrons. The van der Waals surface area contributed by atoms with Crippen molar-refractivity contribution in [2.45, 2.75) is 45.6 Å². The summed E-state index contributed by atoms with van der Waals surface area (Å²) >= 11 is 0. The number of aryl methyl sites for hydroxylation is 2. The molecule has 4 rings (SSSR count). The van der Waals surface area contributed by atoms with Crippen LogP contribution in [0.2, 0.25) is 0 Å². The first kappa shape index (κ1) is 18.7. The van der Waals surface area contributed by atoms with Crippen LogP contribution in [0.5, 0.6) is 0 Å². The van der Waals surface area contributed by atoms with E-state index in [0.717, 1.165) is 48.1 Å². The van der Waals surface area contributed by atoms with Gasteiger partial charge in [-0.2, -0.15) is 0 Å². The highest BCUT2D eigenvalue weighted by atomic mass is 19.1. The topological polar surface area (TPSA) is 28.2 Å². The zero-order chi connectivity index (χ0) is 19.7. The molecule has 1 atom stereocenters. The number of aromatic nitrogens is 1. The number of anilines is 2. The lowest BCUT2D eigenvalue weighted by molar-refractivity contribution is 0.619. The SMILES string of the molecule is Cc1cc2c(NCC(C)N(C)c3ccccc3)c3c(nc2cc1F)CCCC3. The van der Waals surface area contributed by atoms with Gasteiger partial charge in [0.15, 0.2) is 0 Å². The molecule has 3 nitrogen and oxygen atoms in total. The molecule has 1 N–H and O–H groups in total. The lowest BCUT2D eigenvalue weighted by atomic mass is 9.92. The van der Waals surface area contributed by atoms with Crippen molar-refractivity contribution >= 4 is 22.3 Å². The Kier molecular flexibility index (Phi) is 5.21. The van der Waals surface area contributed by atoms with Gasteiger partial charge >= 0.3 is 0 Å². The molecule has 1 aromatic heterocycles. The Morgan fingerprint density at radius 1 is 1.14 bits per heavy atom. The number of fused-ring (bicyclic) bond motifs is 2. The average Bonchev–Trinajstić information content (AvgIpc) is 2.72. The molecule has 0 aliphatic heterocycles. The smallest absolute Gasteiger partial charge is 0.128 e. The monoisotopic (exact) mass is 377 g/mol. The van der Waals surface area contributed by atoms with Crippen LogP contribution in [-0.2, 0) is 12.8 Å². The van der Waals surface area contributed by atoms with E-state index in [-0.39, 0.29) is 5.82 Å². The third kappa shape index (κ3) is 3.56. The quantitative estimate of drug-likeness (QED) is 0.636. The van der Waals surface area contributed by atoms with E-state index >= 15 is 0 Å². The van der Waals surface area contributed by atoms with E-state index in [1.807, 2.05) is 19.1 Å². The van der Waals surface area contributed by atoms with Crippen molar-refractivity contribution in [3.63, 3.8) is 0 Å². The van der Waals surface area contributed by atoms with Gasteiger partial charge in [0, 0.05) is 48.2 Å². The predicted octanol–water partition coefficient (Wildman–Crippen LogP) is 5.50. The molecule has 0 fully saturated rings. The number of rotatable bonds is 5. The highest BCUT2D eigenvalue weighted by Gasteiger charge is 2.20. The molecule has 2 aromatic carbocycles. The van der Waals surface area contributed by atoms with E-state index < -0.39 is 0 Å². The molecular weight excluding hydrogens is 349 g/mol. The lowest BCUT2D eigenvalue weighted by Gasteiger charge is -2.29. The molecule has 28 heavy (non-hydrogen) atoms. The maximum absolute atomic E-state index is 14.2. The van der Waals surface area contributed by atoms with Gasteiger partial charge in [0.25, 0.3) is 0 Å². The number of benzene rings is 2. The third-order valence-electron chi connectivity index (χ3n) is 5.94. The summed E-state index contributed by atoms with van der Waals surface area (Å²) in [6.07, 6.45) is 4.37. The van der Waals surface area contributed by atoms with E-state index in [4.69, 9.17) is 4.98 Å². The van der Waals surface area contributed by atoms with E-state index in [0.29, 0.717) is 11.6 Å². The molecule has 1 aliphatic rings. The maximum Gasteiger partial charge on any atom is 0.128 e. The molecule has 3 aromatic rings. The van der Waals surface area contributed by atoms with Crippen molar-refractivity contribution in [3.05, 3.63) is 65.1 Å². The normalized spacial score (nSPS) is 14.6. The van der Waals surface area contributed by atoms with Crippen LogP contribution in [-0.4, -0.2) is 24.6 Å². The summed E-state index contributed by atoms with van der Waals surface area (Å²) in [5.74, 6) is -0.182. The predicted molar refractivity (Wildman–Crippen MR) is 116 cm³/mol. The molecule has 0 radical (unpaired) electrons. The standard InChI is InChI=1S/C24H28FN3/c1-16-13-20-23(14-21(16)25)27-22-12-8-7-11-19(22)24(20)26-15-17(2)28(3)18-9-5-4-6-10-18/h4-6,9-10,13-14,17H,7-8,11-12,15H2,1-3H3,(H,26,27). The maximum atomic E-state index is 14.2. The molecule has 0 saturated heterocycles. The Balaban J connectivity index is 1.66. The molecule has 0 saturated carbocycles. The van der Waals surface area contributed by atoms with E-state index in [2.05, 4.69) is 48.5 Å². The number of hydrogen-bond acceptors (Lipinski definition) is 3. The summed E-state index contributed by atoms with van der Waals surface area (Å²) in [4.78, 5) is 7.08. The number of likely N-dealkylation sites (N-methyl/N-ethyl adjacent to an activating group) is 1. The van der Waals surface area contributed by atoms with Crippen molar-refractivity contribution in [1.29, 1.82) is 0 Å². The van der Waals surface area contributed by atoms with E-state index in [1.54, 1.807) is 6.07 Å². The summed E-state index contributed by atoms with van der Waals surface area (Å²) in [6, 6.07) is 14.3. The van der Waals surface area contributed by atoms with Crippen molar-refractivity contribution in [2.75, 3.05) is 23.8 Å². The van der Waals surface area contributed by atoms with Crippen molar-refractivity contribution in [2.24, 2.45) is 0 Å². The van der Waals surface area contributed by atoms with Gasteiger partial charge in [-0.1, -0.05) is 18.2 Å². The van der Waals surface area contributed by atoms with Crippen LogP contribution < -0.4 is 10.2 Å². The molecule has 1 unspecified atom stereocenters. The van der Waals surface area contributed by atoms with Crippen LogP contribution in [0.15, 0.2) is 42.5 Å². The largest absolute Gasteiger partial charge is 0.382 e. The summed E-state index contributed by atoms with van der Waals surface area (Å²) in [7, 11) is 2.13. The third-order valence-corrected chi connectivity index (χ3v) is 5.94. The summed E-state index contributed by atoms with van der Waals surface area (Å²) in [6.45, 7) is 4.86. The molecule has 4 heteroatoms. The number of hydrogen-bond donors (Lipinski definition) is 1. The summed E-state index contributed by atoms with van der Waals surface area (Å²) in [5.41, 5.74) is 6.23. The Labute approximate surface area is 166 Å². The Morgan fingerprint density at radius 2 is 1.89 bits per heavy atom. The summed E-state index contributed by atoms with van der Waals surface area (Å²) in [5, 5.41) is 4.75. The van der Waals surface area contributed by atoms with Gasteiger partial charge in [0.1, 0.15) is 5.82 Å². The first-order valence-corrected chi connectivity index (χ1v) is 10.2. The second-order valence-electron chi connectivity index (χ2n) is 7.91. The summed E-state index contributed by atoms with van der Waals surface area (Å²) < 4.78 is 14.2. The van der Waals surface area contributed by atoms with Gasteiger partial charge < -0.3 is 10.2 Å². The fraction of sp³-hybridized carbons (Fsp3) is 0.375. The minimum Gasteiger partial charge on any atom is -0.382 e. The number of nitrogens with zero attached hydrogens (tertiary/aromatic N) is 2. The van der Waals surface area contributed by atoms with Gasteiger partial charge in [0.05, 0.1) is 5.52 Å². The molecule has 0 amide bonds. The molecular formula is C24H28FN3. The van der Waals surface area contributed by atoms with Crippen molar-refractivity contribution in [3.8, 4) is 0 Å². The fourth-order valence-electron chi connectivity index (χ4n) is 4.06. The minimum atomic E-state index is -0.182. The highest BCUT2D eigenvalue weighted by molar-refractivity contribution is 5.94. The zero-order valence-corrected chi connectivity index (χ0v) is 16.9. The van der Waals surface area contributed by atoms with E-state index in [1.165, 1.54) is 17.7 Å². The van der Waals surface area contributed by atoms with Crippen LogP contribution in [0.3, 0.4) is 0 Å². The van der Waals surface area contributed by atoms with Gasteiger partial charge in [0.2, 0.25) is 0 Å². The fourth-order valence-corrected chi connectivity index (χ4v) is 4.06. The van der Waals surface area contributed by atoms with Crippen LogP contribution in [0.4, 0.5) is 15.8 Å². The van der Waals surface area contributed by atoms with Crippen molar-refractivity contribution in [1.82, 2.24) is 4.98 Å². The lowest BCUT2D eigenvalue weighted by Crippen LogP contribution is -2.35. The van der Waals surface area contributed by atoms with Crippen LogP contribution in [0.1, 0.15) is 36.6 Å². The number of halogens is 1. The number of para-hydroxylation sites is 1. The Morgan fingerprint density at radius 3 is 2.68 bits per heavy atom. The first-order valence-electron chi connectivity index (χ1n) is 10.2. The van der Waals surface area contributed by atoms with Gasteiger partial charge in [-0.3, -0.25) is 4.98 Å². The molecule has 0 bridgehead atoms.